The minimum Gasteiger partial charge on any atom is -0.379 e. The van der Waals surface area contributed by atoms with Crippen LogP contribution in [-0.4, -0.2) is 13.9 Å². The third-order valence-electron chi connectivity index (χ3n) is 2.57. The molecule has 3 nitrogen and oxygen atoms in total. The number of hydrogen-bond acceptors (Lipinski definition) is 4. The van der Waals surface area contributed by atoms with Crippen LogP contribution < -0.4 is 4.18 Å². The van der Waals surface area contributed by atoms with Gasteiger partial charge in [-0.2, -0.15) is 21.6 Å². The van der Waals surface area contributed by atoms with E-state index in [2.05, 4.69) is 0 Å². The summed E-state index contributed by atoms with van der Waals surface area (Å²) in [6.07, 6.45) is 0. The highest BCUT2D eigenvalue weighted by atomic mass is 32.2. The van der Waals surface area contributed by atoms with Crippen molar-refractivity contribution in [1.82, 2.24) is 0 Å². The van der Waals surface area contributed by atoms with Gasteiger partial charge in [-0.3, -0.25) is 0 Å². The van der Waals surface area contributed by atoms with E-state index in [9.17, 15) is 21.6 Å². The fourth-order valence-electron chi connectivity index (χ4n) is 1.58. The molecule has 0 atom stereocenters. The fraction of sp³-hybridized carbons (Fsp3) is 0.143. The zero-order valence-corrected chi connectivity index (χ0v) is 12.9. The second kappa shape index (κ2) is 6.21. The maximum Gasteiger partial charge on any atom is 0.446 e. The zero-order valence-electron chi connectivity index (χ0n) is 11.3. The summed E-state index contributed by atoms with van der Waals surface area (Å²) in [6.45, 7) is 1.81. The molecular weight excluding hydrogens is 337 g/mol. The highest BCUT2D eigenvalue weighted by Gasteiger charge is 2.29. The maximum absolute atomic E-state index is 12.2. The summed E-state index contributed by atoms with van der Waals surface area (Å²) in [5.41, 5.74) is -3.50. The van der Waals surface area contributed by atoms with Crippen molar-refractivity contribution in [2.24, 2.45) is 0 Å². The van der Waals surface area contributed by atoms with Crippen LogP contribution in [0.4, 0.5) is 13.2 Å². The number of rotatable bonds is 4. The first kappa shape index (κ1) is 16.7. The lowest BCUT2D eigenvalue weighted by Crippen LogP contribution is -2.09. The topological polar surface area (TPSA) is 43.4 Å². The van der Waals surface area contributed by atoms with Gasteiger partial charge in [0.25, 0.3) is 0 Å². The third-order valence-corrected chi connectivity index (χ3v) is 4.57. The largest absolute Gasteiger partial charge is 0.446 e. The van der Waals surface area contributed by atoms with Gasteiger partial charge in [-0.05, 0) is 55.1 Å². The van der Waals surface area contributed by atoms with E-state index in [1.165, 1.54) is 24.3 Å². The number of aryl methyl sites for hydroxylation is 1. The van der Waals surface area contributed by atoms with Crippen LogP contribution in [0.2, 0.25) is 0 Å². The van der Waals surface area contributed by atoms with Crippen molar-refractivity contribution < 1.29 is 25.8 Å². The SMILES string of the molecule is Cc1ccc(S(=O)(=O)Oc2ccc(SC(F)(F)F)cc2)cc1. The molecule has 0 amide bonds. The van der Waals surface area contributed by atoms with Gasteiger partial charge in [-0.15, -0.1) is 0 Å². The molecule has 2 aromatic carbocycles. The maximum atomic E-state index is 12.2. The van der Waals surface area contributed by atoms with Crippen LogP contribution in [0, 0.1) is 6.92 Å². The first-order chi connectivity index (χ1) is 10.2. The van der Waals surface area contributed by atoms with Crippen LogP contribution in [0.15, 0.2) is 58.3 Å². The lowest BCUT2D eigenvalue weighted by atomic mass is 10.2. The molecule has 0 unspecified atom stereocenters. The highest BCUT2D eigenvalue weighted by molar-refractivity contribution is 8.00. The van der Waals surface area contributed by atoms with Crippen LogP contribution >= 0.6 is 11.8 Å². The molecule has 0 N–H and O–H groups in total. The summed E-state index contributed by atoms with van der Waals surface area (Å²) in [6, 6.07) is 10.7. The highest BCUT2D eigenvalue weighted by Crippen LogP contribution is 2.37. The van der Waals surface area contributed by atoms with Crippen LogP contribution in [0.5, 0.6) is 5.75 Å². The Bertz CT molecular complexity index is 736. The standard InChI is InChI=1S/C14H11F3O3S2/c1-10-2-8-13(9-3-10)22(18,19)20-11-4-6-12(7-5-11)21-14(15,16)17/h2-9H,1H3. The number of alkyl halides is 3. The Morgan fingerprint density at radius 2 is 1.50 bits per heavy atom. The van der Waals surface area contributed by atoms with Gasteiger partial charge < -0.3 is 4.18 Å². The molecule has 0 bridgehead atoms. The molecule has 118 valence electrons. The Morgan fingerprint density at radius 3 is 2.00 bits per heavy atom. The molecule has 0 heterocycles. The average molecular weight is 348 g/mol. The van der Waals surface area contributed by atoms with Gasteiger partial charge in [0.2, 0.25) is 0 Å². The Hall–Kier alpha value is -1.67. The Morgan fingerprint density at radius 1 is 0.955 bits per heavy atom. The van der Waals surface area contributed by atoms with Crippen molar-refractivity contribution >= 4 is 21.9 Å². The predicted molar refractivity (Wildman–Crippen MR) is 77.3 cm³/mol. The van der Waals surface area contributed by atoms with Crippen LogP contribution in [0.3, 0.4) is 0 Å². The normalized spacial score (nSPS) is 12.2. The van der Waals surface area contributed by atoms with E-state index in [0.29, 0.717) is 0 Å². The van der Waals surface area contributed by atoms with Crippen molar-refractivity contribution in [3.05, 3.63) is 54.1 Å². The predicted octanol–water partition coefficient (Wildman–Crippen LogP) is 4.37. The number of thioether (sulfide) groups is 1. The van der Waals surface area contributed by atoms with E-state index in [1.807, 2.05) is 6.92 Å². The van der Waals surface area contributed by atoms with Crippen LogP contribution in [0.25, 0.3) is 0 Å². The fourth-order valence-corrected chi connectivity index (χ4v) is 3.05. The van der Waals surface area contributed by atoms with Gasteiger partial charge >= 0.3 is 15.6 Å². The van der Waals surface area contributed by atoms with Crippen molar-refractivity contribution in [3.8, 4) is 5.75 Å². The molecule has 0 fully saturated rings. The molecule has 0 aliphatic carbocycles. The van der Waals surface area contributed by atoms with E-state index in [0.717, 1.165) is 17.7 Å². The Kier molecular flexibility index (Phi) is 4.72. The number of hydrogen-bond donors (Lipinski definition) is 0. The minimum absolute atomic E-state index is 0.0214. The molecule has 22 heavy (non-hydrogen) atoms. The lowest BCUT2D eigenvalue weighted by Gasteiger charge is -2.09. The van der Waals surface area contributed by atoms with Crippen molar-refractivity contribution in [1.29, 1.82) is 0 Å². The molecule has 0 radical (unpaired) electrons. The molecule has 0 aliphatic heterocycles. The molecular formula is C14H11F3O3S2. The van der Waals surface area contributed by atoms with E-state index in [4.69, 9.17) is 4.18 Å². The first-order valence-corrected chi connectivity index (χ1v) is 8.25. The first-order valence-electron chi connectivity index (χ1n) is 6.03. The van der Waals surface area contributed by atoms with Crippen molar-refractivity contribution in [2.75, 3.05) is 0 Å². The molecule has 0 spiro atoms. The van der Waals surface area contributed by atoms with Gasteiger partial charge in [-0.25, -0.2) is 0 Å². The molecule has 0 aliphatic rings. The average Bonchev–Trinajstić information content (AvgIpc) is 2.39. The molecule has 0 aromatic heterocycles. The summed E-state index contributed by atoms with van der Waals surface area (Å²) < 4.78 is 65.5. The summed E-state index contributed by atoms with van der Waals surface area (Å²) in [5.74, 6) is -0.0490. The summed E-state index contributed by atoms with van der Waals surface area (Å²) in [7, 11) is -4.01. The molecule has 2 aromatic rings. The molecule has 0 saturated carbocycles. The molecule has 0 saturated heterocycles. The number of halogens is 3. The third kappa shape index (κ3) is 4.67. The van der Waals surface area contributed by atoms with Gasteiger partial charge in [-0.1, -0.05) is 17.7 Å². The second-order valence-electron chi connectivity index (χ2n) is 4.37. The van der Waals surface area contributed by atoms with Gasteiger partial charge in [0, 0.05) is 4.90 Å². The van der Waals surface area contributed by atoms with E-state index in [-0.39, 0.29) is 27.3 Å². The summed E-state index contributed by atoms with van der Waals surface area (Å²) >= 11 is -0.280. The Balaban J connectivity index is 2.14. The molecule has 8 heteroatoms. The second-order valence-corrected chi connectivity index (χ2v) is 7.05. The van der Waals surface area contributed by atoms with Gasteiger partial charge in [0.15, 0.2) is 0 Å². The monoisotopic (exact) mass is 348 g/mol. The van der Waals surface area contributed by atoms with Crippen molar-refractivity contribution in [3.63, 3.8) is 0 Å². The van der Waals surface area contributed by atoms with E-state index >= 15 is 0 Å². The van der Waals surface area contributed by atoms with E-state index in [1.54, 1.807) is 12.1 Å². The van der Waals surface area contributed by atoms with Gasteiger partial charge in [0.1, 0.15) is 10.6 Å². The summed E-state index contributed by atoms with van der Waals surface area (Å²) in [4.78, 5) is -0.0700. The van der Waals surface area contributed by atoms with Crippen LogP contribution in [-0.2, 0) is 10.1 Å². The molecule has 2 rings (SSSR count). The zero-order chi connectivity index (χ0) is 16.4. The number of benzene rings is 2. The van der Waals surface area contributed by atoms with Crippen LogP contribution in [0.1, 0.15) is 5.56 Å². The Labute approximate surface area is 130 Å². The smallest absolute Gasteiger partial charge is 0.379 e. The summed E-state index contributed by atoms with van der Waals surface area (Å²) in [5, 5.41) is 0. The van der Waals surface area contributed by atoms with E-state index < -0.39 is 15.6 Å². The van der Waals surface area contributed by atoms with Crippen molar-refractivity contribution in [2.45, 2.75) is 22.2 Å². The minimum atomic E-state index is -4.39. The lowest BCUT2D eigenvalue weighted by molar-refractivity contribution is -0.0328. The van der Waals surface area contributed by atoms with Gasteiger partial charge in [0.05, 0.1) is 0 Å². The quantitative estimate of drug-likeness (QED) is 0.608.